The summed E-state index contributed by atoms with van der Waals surface area (Å²) in [5.41, 5.74) is 2.52. The topological polar surface area (TPSA) is 331 Å². The third kappa shape index (κ3) is 18.5. The predicted octanol–water partition coefficient (Wildman–Crippen LogP) is 17.3. The molecule has 0 spiro atoms. The molecule has 0 N–H and O–H groups in total. The van der Waals surface area contributed by atoms with Gasteiger partial charge in [0.25, 0.3) is 0 Å². The van der Waals surface area contributed by atoms with Gasteiger partial charge in [0.1, 0.15) is 33.5 Å². The highest BCUT2D eigenvalue weighted by Crippen LogP contribution is 2.83. The van der Waals surface area contributed by atoms with Crippen LogP contribution in [0.2, 0.25) is 0 Å². The molecule has 126 heavy (non-hydrogen) atoms. The lowest BCUT2D eigenvalue weighted by Crippen LogP contribution is -2.29. The average molecular weight is 1770 g/mol. The summed E-state index contributed by atoms with van der Waals surface area (Å²) >= 11 is 0. The van der Waals surface area contributed by atoms with Crippen LogP contribution in [0.15, 0.2) is 245 Å². The van der Waals surface area contributed by atoms with Crippen LogP contribution in [0.4, 0.5) is 34.1 Å². The van der Waals surface area contributed by atoms with Crippen LogP contribution in [0.1, 0.15) is 116 Å². The Labute approximate surface area is 730 Å². The molecule has 6 aromatic heterocycles. The van der Waals surface area contributed by atoms with Gasteiger partial charge in [-0.3, -0.25) is 0 Å². The molecule has 660 valence electrons. The summed E-state index contributed by atoms with van der Waals surface area (Å²) in [4.78, 5) is 101. The zero-order valence-corrected chi connectivity index (χ0v) is 77.1. The third-order valence-corrected chi connectivity index (χ3v) is 33.5. The normalized spacial score (nSPS) is 15.3. The average Bonchev–Trinajstić information content (AvgIpc) is 0.703. The van der Waals surface area contributed by atoms with Gasteiger partial charge in [-0.1, -0.05) is 0 Å². The fourth-order valence-corrected chi connectivity index (χ4v) is 28.1. The van der Waals surface area contributed by atoms with Crippen LogP contribution in [0.3, 0.4) is 0 Å². The quantitative estimate of drug-likeness (QED) is 0.0152. The van der Waals surface area contributed by atoms with Crippen LogP contribution in [-0.4, -0.2) is 187 Å². The van der Waals surface area contributed by atoms with E-state index in [0.717, 1.165) is 34.1 Å². The molecule has 7 heterocycles. The van der Waals surface area contributed by atoms with Gasteiger partial charge < -0.3 is 55.9 Å². The third-order valence-electron chi connectivity index (χ3n) is 22.5. The maximum absolute atomic E-state index is 14.7. The van der Waals surface area contributed by atoms with E-state index in [0.29, 0.717) is 144 Å². The van der Waals surface area contributed by atoms with E-state index >= 15 is 0 Å². The van der Waals surface area contributed by atoms with Gasteiger partial charge in [-0.2, -0.15) is 44.2 Å². The maximum Gasteiger partial charge on any atom is 0.345 e. The van der Waals surface area contributed by atoms with Gasteiger partial charge in [0.15, 0.2) is 0 Å². The van der Waals surface area contributed by atoms with E-state index in [4.69, 9.17) is 70.7 Å². The first-order valence-corrected chi connectivity index (χ1v) is 47.1. The molecule has 0 aliphatic carbocycles. The molecule has 1 aliphatic heterocycles. The lowest BCUT2D eigenvalue weighted by Gasteiger charge is -2.46. The Kier molecular flexibility index (Phi) is 28.0. The van der Waals surface area contributed by atoms with Crippen molar-refractivity contribution in [3.8, 4) is 0 Å². The van der Waals surface area contributed by atoms with Crippen LogP contribution >= 0.6 is 22.5 Å². The number of hydrogen-bond donors (Lipinski definition) is 0. The molecule has 1 aliphatic rings. The van der Waals surface area contributed by atoms with Crippen molar-refractivity contribution in [2.75, 3.05) is 150 Å². The first-order valence-electron chi connectivity index (χ1n) is 42.3. The van der Waals surface area contributed by atoms with Crippen LogP contribution in [0, 0.1) is 0 Å². The molecule has 0 amide bonds. The molecule has 0 saturated heterocycles. The molecule has 0 fully saturated rings. The van der Waals surface area contributed by atoms with E-state index in [-0.39, 0.29) is 33.4 Å². The van der Waals surface area contributed by atoms with E-state index in [1.807, 2.05) is 192 Å². The Morgan fingerprint density at radius 3 is 0.492 bits per heavy atom. The molecule has 0 radical (unpaired) electrons. The fraction of sp³-hybridized carbons (Fsp3) is 0.333. The standard InChI is InChI=1S/C90H108N21O12P3/c1-19-106(20-2)73-37-31-61-43-67(85(112)118-79(61)49-73)55-91-100(13)124(101(14)92-56-68-44-62-32-38-74(107(21-3)22-4)50-80(62)119-86(68)113)97-125(102(15)93-57-69-45-63-33-39-75(108(23-5)24-6)51-81(63)120-87(69)114,103(16)94-58-70-46-64-34-40-76(109(25-7)26-8)52-82(64)121-88(70)115)99-126(98-124,104(17)95-59-71-47-65-35-41-77(110(27-9)28-10)53-83(65)122-89(71)116)105(18)96-60-72-48-66-36-42-78(111(29-11)30-12)54-84(66)123-90(72)117/h31-60H,19-30H2,1-18H3/b91-55-,92-56+,93-57-,94-58+,95-59+,96-60+. The minimum absolute atomic E-state index is 0.00294. The summed E-state index contributed by atoms with van der Waals surface area (Å²) < 4.78 is 63.1. The Bertz CT molecular complexity index is 5800. The molecule has 6 aromatic carbocycles. The number of hydrogen-bond acceptors (Lipinski definition) is 33. The monoisotopic (exact) mass is 1770 g/mol. The zero-order chi connectivity index (χ0) is 90.1. The lowest BCUT2D eigenvalue weighted by molar-refractivity contribution is 0.460. The highest BCUT2D eigenvalue weighted by Gasteiger charge is 2.50. The molecular weight excluding hydrogens is 1660 g/mol. The summed E-state index contributed by atoms with van der Waals surface area (Å²) in [5.74, 6) is 0. The molecule has 36 heteroatoms. The van der Waals surface area contributed by atoms with Crippen molar-refractivity contribution < 1.29 is 26.5 Å². The SMILES string of the molecule is CCN(CC)c1ccc2cc(/C=N\N(C)P3(N(C)/N=C/c4cc5ccc(N(CC)CC)cc5oc4=O)=NP(N(C)/N=C\c4cc5ccc(N(CC)CC)cc5oc4=O)(N(C)/N=C/c4cc5ccc(N(CC)CC)cc5oc4=O)=NP(N(C)/N=C/c4cc5ccc(N(CC)CC)cc5oc4=O)(N(C)/N=C/c4cc5ccc(N(CC)CC)cc5oc4=O)=N3)c(=O)oc2c1. The fourth-order valence-electron chi connectivity index (χ4n) is 15.0. The van der Waals surface area contributed by atoms with Crippen molar-refractivity contribution in [3.63, 3.8) is 0 Å². The molecule has 2 unspecified atom stereocenters. The van der Waals surface area contributed by atoms with Crippen LogP contribution < -0.4 is 63.2 Å². The van der Waals surface area contributed by atoms with Crippen LogP contribution in [0.5, 0.6) is 0 Å². The van der Waals surface area contributed by atoms with E-state index in [1.54, 1.807) is 78.7 Å². The van der Waals surface area contributed by atoms with Crippen molar-refractivity contribution in [1.82, 2.24) is 28.7 Å². The first-order chi connectivity index (χ1) is 60.7. The van der Waals surface area contributed by atoms with Crippen LogP contribution in [0.25, 0.3) is 65.8 Å². The number of hydrazone groups is 6. The Hall–Kier alpha value is -13.1. The summed E-state index contributed by atoms with van der Waals surface area (Å²) in [5, 5.41) is 34.4. The Balaban J connectivity index is 1.14. The predicted molar refractivity (Wildman–Crippen MR) is 516 cm³/mol. The summed E-state index contributed by atoms with van der Waals surface area (Å²) in [6.45, 7) is 32.8. The number of benzene rings is 6. The molecule has 12 aromatic rings. The second-order valence-electron chi connectivity index (χ2n) is 29.6. The smallest absolute Gasteiger partial charge is 0.345 e. The van der Waals surface area contributed by atoms with Crippen molar-refractivity contribution in [2.24, 2.45) is 44.2 Å². The van der Waals surface area contributed by atoms with E-state index in [9.17, 15) is 28.8 Å². The molecular formula is C90H108N21O12P3. The number of rotatable bonds is 36. The van der Waals surface area contributed by atoms with Gasteiger partial charge >= 0.3 is 56.3 Å². The summed E-state index contributed by atoms with van der Waals surface area (Å²) in [7, 11) is -4.61. The number of nitrogens with zero attached hydrogens (tertiary/aromatic N) is 21. The molecule has 0 bridgehead atoms. The van der Waals surface area contributed by atoms with Crippen molar-refractivity contribution in [1.29, 1.82) is 0 Å². The van der Waals surface area contributed by atoms with E-state index < -0.39 is 56.3 Å². The van der Waals surface area contributed by atoms with E-state index in [1.165, 1.54) is 66.0 Å². The molecule has 33 nitrogen and oxygen atoms in total. The second kappa shape index (κ2) is 39.0. The lowest BCUT2D eigenvalue weighted by atomic mass is 10.1. The molecule has 13 rings (SSSR count). The Morgan fingerprint density at radius 1 is 0.230 bits per heavy atom. The minimum atomic E-state index is -4.66. The zero-order valence-electron chi connectivity index (χ0n) is 74.4. The van der Waals surface area contributed by atoms with Gasteiger partial charge in [0.2, 0.25) is 0 Å². The highest BCUT2D eigenvalue weighted by atomic mass is 31.3. The van der Waals surface area contributed by atoms with Gasteiger partial charge in [0, 0.05) is 224 Å². The van der Waals surface area contributed by atoms with Crippen molar-refractivity contribution in [2.45, 2.75) is 83.1 Å². The van der Waals surface area contributed by atoms with E-state index in [2.05, 4.69) is 29.4 Å². The second-order valence-corrected chi connectivity index (χ2v) is 38.4. The number of anilines is 6. The van der Waals surface area contributed by atoms with Gasteiger partial charge in [-0.25, -0.2) is 57.4 Å². The minimum Gasteiger partial charge on any atom is -0.422 e. The summed E-state index contributed by atoms with van der Waals surface area (Å²) in [6.07, 6.45) is 7.83. The Morgan fingerprint density at radius 2 is 0.365 bits per heavy atom. The highest BCUT2D eigenvalue weighted by molar-refractivity contribution is 7.82. The van der Waals surface area contributed by atoms with Crippen molar-refractivity contribution in [3.05, 3.63) is 241 Å². The van der Waals surface area contributed by atoms with Crippen molar-refractivity contribution >= 4 is 160 Å². The molecule has 0 saturated carbocycles. The largest absolute Gasteiger partial charge is 0.422 e. The van der Waals surface area contributed by atoms with Gasteiger partial charge in [-0.15, -0.1) is 0 Å². The maximum atomic E-state index is 14.7. The van der Waals surface area contributed by atoms with Gasteiger partial charge in [0.05, 0.1) is 70.7 Å². The first kappa shape index (κ1) is 90.6. The van der Waals surface area contributed by atoms with Gasteiger partial charge in [-0.05, 0) is 192 Å². The number of fused-ring (bicyclic) bond motifs is 6. The summed E-state index contributed by atoms with van der Waals surface area (Å²) in [6, 6.07) is 43.6. The molecule has 2 atom stereocenters. The van der Waals surface area contributed by atoms with Crippen LogP contribution in [-0.2, 0) is 0 Å².